The monoisotopic (exact) mass is 590 g/mol. The topological polar surface area (TPSA) is 52.6 Å². The Bertz CT molecular complexity index is 1930. The predicted octanol–water partition coefficient (Wildman–Crippen LogP) is 9.50. The Morgan fingerprint density at radius 1 is 0.511 bits per heavy atom. The molecule has 6 aromatic rings. The van der Waals surface area contributed by atoms with Crippen LogP contribution in [-0.4, -0.2) is 26.2 Å². The molecule has 1 aliphatic rings. The molecule has 0 bridgehead atoms. The lowest BCUT2D eigenvalue weighted by molar-refractivity contribution is -0.141. The van der Waals surface area contributed by atoms with Crippen molar-refractivity contribution < 1.29 is 19.1 Å². The van der Waals surface area contributed by atoms with Crippen molar-refractivity contribution in [3.63, 3.8) is 0 Å². The highest BCUT2D eigenvalue weighted by Gasteiger charge is 2.44. The molecule has 0 saturated heterocycles. The molecule has 4 nitrogen and oxygen atoms in total. The molecule has 0 aliphatic heterocycles. The Kier molecular flexibility index (Phi) is 7.42. The lowest BCUT2D eigenvalue weighted by Crippen LogP contribution is -2.28. The Hall–Kier alpha value is -5.22. The number of esters is 2. The second kappa shape index (κ2) is 11.7. The molecule has 222 valence electrons. The Morgan fingerprint density at radius 2 is 0.933 bits per heavy atom. The van der Waals surface area contributed by atoms with E-state index in [2.05, 4.69) is 121 Å². The van der Waals surface area contributed by atoms with E-state index in [1.165, 1.54) is 35.8 Å². The molecule has 1 aliphatic carbocycles. The van der Waals surface area contributed by atoms with Crippen LogP contribution in [0.3, 0.4) is 0 Å². The maximum absolute atomic E-state index is 12.7. The van der Waals surface area contributed by atoms with Crippen molar-refractivity contribution >= 4 is 33.5 Å². The van der Waals surface area contributed by atoms with Crippen molar-refractivity contribution in [1.82, 2.24) is 0 Å². The van der Waals surface area contributed by atoms with Crippen LogP contribution in [0.5, 0.6) is 0 Å². The molecule has 0 unspecified atom stereocenters. The molecule has 0 amide bonds. The first-order valence-electron chi connectivity index (χ1n) is 15.4. The highest BCUT2D eigenvalue weighted by Crippen LogP contribution is 2.55. The highest BCUT2D eigenvalue weighted by molar-refractivity contribution is 5.99. The van der Waals surface area contributed by atoms with Crippen molar-refractivity contribution in [3.05, 3.63) is 132 Å². The van der Waals surface area contributed by atoms with Gasteiger partial charge in [0.2, 0.25) is 0 Å². The summed E-state index contributed by atoms with van der Waals surface area (Å²) >= 11 is 0. The molecule has 0 heterocycles. The van der Waals surface area contributed by atoms with Crippen LogP contribution in [0.2, 0.25) is 0 Å². The summed E-state index contributed by atoms with van der Waals surface area (Å²) in [5.74, 6) is -0.532. The quantitative estimate of drug-likeness (QED) is 0.166. The average Bonchev–Trinajstić information content (AvgIpc) is 3.37. The number of carbonyl (C=O) groups excluding carboxylic acids is 2. The Balaban J connectivity index is 1.46. The summed E-state index contributed by atoms with van der Waals surface area (Å²) in [7, 11) is 2.86. The number of carbonyl (C=O) groups is 2. The second-order valence-electron chi connectivity index (χ2n) is 11.8. The van der Waals surface area contributed by atoms with Crippen LogP contribution in [0.1, 0.15) is 36.8 Å². The number of fused-ring (bicyclic) bond motifs is 5. The average molecular weight is 591 g/mol. The standard InChI is InChI=1S/C41H34O4/c1-44-39(42)21-23-41(24-22-40(43)45-2)37-25-29(33-15-7-11-27-9-3-5-13-31(27)33)17-19-35(37)36-20-18-30(26-38(36)41)34-16-8-12-28-10-4-6-14-32(28)34/h3-20,25-26H,21-24H2,1-2H3. The number of methoxy groups -OCH3 is 2. The summed E-state index contributed by atoms with van der Waals surface area (Å²) < 4.78 is 10.3. The molecule has 4 heteroatoms. The van der Waals surface area contributed by atoms with Gasteiger partial charge in [0.05, 0.1) is 14.2 Å². The molecule has 0 saturated carbocycles. The van der Waals surface area contributed by atoms with E-state index >= 15 is 0 Å². The Labute approximate surface area is 263 Å². The highest BCUT2D eigenvalue weighted by atomic mass is 16.5. The summed E-state index contributed by atoms with van der Waals surface area (Å²) in [6.45, 7) is 0. The molecule has 0 fully saturated rings. The number of rotatable bonds is 8. The van der Waals surface area contributed by atoms with Crippen LogP contribution in [-0.2, 0) is 24.5 Å². The fraction of sp³-hybridized carbons (Fsp3) is 0.171. The zero-order chi connectivity index (χ0) is 31.0. The third-order valence-electron chi connectivity index (χ3n) is 9.53. The molecular weight excluding hydrogens is 556 g/mol. The molecule has 7 rings (SSSR count). The smallest absolute Gasteiger partial charge is 0.305 e. The fourth-order valence-corrected chi connectivity index (χ4v) is 7.28. The number of hydrogen-bond acceptors (Lipinski definition) is 4. The molecule has 0 atom stereocenters. The Morgan fingerprint density at radius 3 is 1.38 bits per heavy atom. The van der Waals surface area contributed by atoms with Gasteiger partial charge in [-0.1, -0.05) is 109 Å². The first-order valence-corrected chi connectivity index (χ1v) is 15.4. The molecule has 0 aromatic heterocycles. The van der Waals surface area contributed by atoms with Crippen molar-refractivity contribution in [2.75, 3.05) is 14.2 Å². The third kappa shape index (κ3) is 4.97. The first-order chi connectivity index (χ1) is 22.0. The normalized spacial score (nSPS) is 12.9. The van der Waals surface area contributed by atoms with Crippen molar-refractivity contribution in [2.24, 2.45) is 0 Å². The van der Waals surface area contributed by atoms with E-state index in [1.807, 2.05) is 0 Å². The van der Waals surface area contributed by atoms with Gasteiger partial charge in [0.1, 0.15) is 0 Å². The van der Waals surface area contributed by atoms with Gasteiger partial charge in [0, 0.05) is 18.3 Å². The number of ether oxygens (including phenoxy) is 2. The molecular formula is C41H34O4. The molecule has 6 aromatic carbocycles. The largest absolute Gasteiger partial charge is 0.469 e. The lowest BCUT2D eigenvalue weighted by atomic mass is 9.70. The zero-order valence-corrected chi connectivity index (χ0v) is 25.5. The van der Waals surface area contributed by atoms with E-state index in [0.717, 1.165) is 44.5 Å². The molecule has 0 N–H and O–H groups in total. The van der Waals surface area contributed by atoms with Crippen molar-refractivity contribution in [2.45, 2.75) is 31.1 Å². The SMILES string of the molecule is COC(=O)CCC1(CCC(=O)OC)c2cc(-c3cccc4ccccc34)ccc2-c2ccc(-c3cccc4ccccc34)cc21. The van der Waals surface area contributed by atoms with Gasteiger partial charge >= 0.3 is 11.9 Å². The van der Waals surface area contributed by atoms with Crippen LogP contribution in [0, 0.1) is 0 Å². The maximum atomic E-state index is 12.7. The van der Waals surface area contributed by atoms with Crippen LogP contribution >= 0.6 is 0 Å². The van der Waals surface area contributed by atoms with Crippen LogP contribution in [0.15, 0.2) is 121 Å². The number of hydrogen-bond donors (Lipinski definition) is 0. The summed E-state index contributed by atoms with van der Waals surface area (Å²) in [4.78, 5) is 25.4. The van der Waals surface area contributed by atoms with E-state index in [4.69, 9.17) is 9.47 Å². The van der Waals surface area contributed by atoms with E-state index in [-0.39, 0.29) is 24.8 Å². The van der Waals surface area contributed by atoms with Gasteiger partial charge in [-0.05, 0) is 91.0 Å². The van der Waals surface area contributed by atoms with Gasteiger partial charge < -0.3 is 9.47 Å². The van der Waals surface area contributed by atoms with Crippen molar-refractivity contribution in [1.29, 1.82) is 0 Å². The second-order valence-corrected chi connectivity index (χ2v) is 11.8. The van der Waals surface area contributed by atoms with Gasteiger partial charge in [-0.25, -0.2) is 0 Å². The zero-order valence-electron chi connectivity index (χ0n) is 25.5. The lowest BCUT2D eigenvalue weighted by Gasteiger charge is -2.32. The van der Waals surface area contributed by atoms with Crippen LogP contribution in [0.25, 0.3) is 54.9 Å². The maximum Gasteiger partial charge on any atom is 0.305 e. The van der Waals surface area contributed by atoms with Gasteiger partial charge in [-0.15, -0.1) is 0 Å². The minimum atomic E-state index is -0.603. The van der Waals surface area contributed by atoms with Gasteiger partial charge in [0.15, 0.2) is 0 Å². The first kappa shape index (κ1) is 28.5. The summed E-state index contributed by atoms with van der Waals surface area (Å²) in [5.41, 5.74) is 8.43. The van der Waals surface area contributed by atoms with Crippen LogP contribution in [0.4, 0.5) is 0 Å². The summed E-state index contributed by atoms with van der Waals surface area (Å²) in [5, 5.41) is 4.73. The minimum Gasteiger partial charge on any atom is -0.469 e. The fourth-order valence-electron chi connectivity index (χ4n) is 7.28. The van der Waals surface area contributed by atoms with E-state index in [9.17, 15) is 9.59 Å². The van der Waals surface area contributed by atoms with Gasteiger partial charge in [-0.3, -0.25) is 9.59 Å². The van der Waals surface area contributed by atoms with Crippen LogP contribution < -0.4 is 0 Å². The minimum absolute atomic E-state index is 0.230. The molecule has 0 spiro atoms. The number of benzene rings is 6. The van der Waals surface area contributed by atoms with E-state index < -0.39 is 5.41 Å². The van der Waals surface area contributed by atoms with Crippen molar-refractivity contribution in [3.8, 4) is 33.4 Å². The van der Waals surface area contributed by atoms with Gasteiger partial charge in [0.25, 0.3) is 0 Å². The molecule has 45 heavy (non-hydrogen) atoms. The summed E-state index contributed by atoms with van der Waals surface area (Å²) in [6.07, 6.45) is 1.48. The van der Waals surface area contributed by atoms with E-state index in [0.29, 0.717) is 12.8 Å². The predicted molar refractivity (Wildman–Crippen MR) is 181 cm³/mol. The molecule has 0 radical (unpaired) electrons. The summed E-state index contributed by atoms with van der Waals surface area (Å²) in [6, 6.07) is 43.0. The van der Waals surface area contributed by atoms with Gasteiger partial charge in [-0.2, -0.15) is 0 Å². The third-order valence-corrected chi connectivity index (χ3v) is 9.53. The van der Waals surface area contributed by atoms with E-state index in [1.54, 1.807) is 0 Å².